The number of amides is 4. The van der Waals surface area contributed by atoms with E-state index in [0.717, 1.165) is 4.90 Å². The molecule has 2 aromatic rings. The summed E-state index contributed by atoms with van der Waals surface area (Å²) in [6.07, 6.45) is 1.31. The Morgan fingerprint density at radius 3 is 2.53 bits per heavy atom. The molecule has 0 atom stereocenters. The third-order valence-electron chi connectivity index (χ3n) is 4.05. The molecule has 0 spiro atoms. The van der Waals surface area contributed by atoms with Crippen LogP contribution in [0.2, 0.25) is 10.0 Å². The number of imide groups is 2. The molecule has 30 heavy (non-hydrogen) atoms. The molecule has 0 aromatic heterocycles. The summed E-state index contributed by atoms with van der Waals surface area (Å²) in [7, 11) is 1.41. The maximum Gasteiger partial charge on any atom is 0.335 e. The third-order valence-corrected chi connectivity index (χ3v) is 4.79. The maximum atomic E-state index is 12.9. The lowest BCUT2D eigenvalue weighted by Gasteiger charge is -2.26. The van der Waals surface area contributed by atoms with Gasteiger partial charge in [-0.2, -0.15) is 5.26 Å². The molecule has 0 bridgehead atoms. The molecule has 1 fully saturated rings. The number of hydrogen-bond acceptors (Lipinski definition) is 6. The highest BCUT2D eigenvalue weighted by Gasteiger charge is 2.37. The number of hydrogen-bond donors (Lipinski definition) is 1. The summed E-state index contributed by atoms with van der Waals surface area (Å²) in [4.78, 5) is 38.3. The Morgan fingerprint density at radius 2 is 1.87 bits per heavy atom. The standard InChI is InChI=1S/C20H13Cl2N3O5/c1-29-17-9-11(2-5-16(17)30-7-6-23)8-13-18(26)24-20(28)25(19(13)27)12-3-4-14(21)15(22)10-12/h2-5,8-10H,7H2,1H3,(H,24,26,28)/b13-8+. The van der Waals surface area contributed by atoms with Crippen LogP contribution in [0.25, 0.3) is 6.08 Å². The van der Waals surface area contributed by atoms with Gasteiger partial charge in [0.1, 0.15) is 11.6 Å². The van der Waals surface area contributed by atoms with Crippen molar-refractivity contribution in [2.75, 3.05) is 18.6 Å². The molecule has 1 aliphatic rings. The van der Waals surface area contributed by atoms with Gasteiger partial charge in [-0.25, -0.2) is 9.69 Å². The van der Waals surface area contributed by atoms with Crippen LogP contribution in [-0.4, -0.2) is 31.6 Å². The number of methoxy groups -OCH3 is 1. The highest BCUT2D eigenvalue weighted by molar-refractivity contribution is 6.43. The molecular formula is C20H13Cl2N3O5. The second kappa shape index (κ2) is 8.86. The minimum Gasteiger partial charge on any atom is -0.493 e. The number of nitriles is 1. The normalized spacial score (nSPS) is 15.1. The van der Waals surface area contributed by atoms with Gasteiger partial charge in [-0.15, -0.1) is 0 Å². The fraction of sp³-hybridized carbons (Fsp3) is 0.100. The zero-order chi connectivity index (χ0) is 21.8. The van der Waals surface area contributed by atoms with Crippen LogP contribution in [0, 0.1) is 11.3 Å². The van der Waals surface area contributed by atoms with E-state index in [1.54, 1.807) is 6.07 Å². The van der Waals surface area contributed by atoms with Crippen molar-refractivity contribution in [2.45, 2.75) is 0 Å². The number of nitrogens with one attached hydrogen (secondary N) is 1. The predicted octanol–water partition coefficient (Wildman–Crippen LogP) is 3.57. The van der Waals surface area contributed by atoms with Crippen LogP contribution in [0.4, 0.5) is 10.5 Å². The van der Waals surface area contributed by atoms with Crippen molar-refractivity contribution in [3.8, 4) is 17.6 Å². The first kappa shape index (κ1) is 21.2. The van der Waals surface area contributed by atoms with Crippen LogP contribution in [0.5, 0.6) is 11.5 Å². The Kier molecular flexibility index (Phi) is 6.26. The van der Waals surface area contributed by atoms with E-state index in [1.807, 2.05) is 6.07 Å². The van der Waals surface area contributed by atoms with Gasteiger partial charge >= 0.3 is 6.03 Å². The molecular weight excluding hydrogens is 433 g/mol. The highest BCUT2D eigenvalue weighted by atomic mass is 35.5. The topological polar surface area (TPSA) is 109 Å². The third kappa shape index (κ3) is 4.22. The summed E-state index contributed by atoms with van der Waals surface area (Å²) in [6, 6.07) is 9.80. The first-order valence-electron chi connectivity index (χ1n) is 8.40. The van der Waals surface area contributed by atoms with Crippen molar-refractivity contribution in [2.24, 2.45) is 0 Å². The summed E-state index contributed by atoms with van der Waals surface area (Å²) in [5.41, 5.74) is 0.328. The van der Waals surface area contributed by atoms with Gasteiger partial charge in [-0.3, -0.25) is 14.9 Å². The number of carbonyl (C=O) groups is 3. The molecule has 0 radical (unpaired) electrons. The molecule has 1 aliphatic heterocycles. The monoisotopic (exact) mass is 445 g/mol. The zero-order valence-corrected chi connectivity index (χ0v) is 17.0. The van der Waals surface area contributed by atoms with Crippen LogP contribution >= 0.6 is 23.2 Å². The number of anilines is 1. The smallest absolute Gasteiger partial charge is 0.335 e. The van der Waals surface area contributed by atoms with Crippen LogP contribution < -0.4 is 19.7 Å². The minimum absolute atomic E-state index is 0.148. The fourth-order valence-corrected chi connectivity index (χ4v) is 2.98. The summed E-state index contributed by atoms with van der Waals surface area (Å²) in [5.74, 6) is -1.04. The van der Waals surface area contributed by atoms with Gasteiger partial charge in [0.15, 0.2) is 18.1 Å². The second-order valence-corrected chi connectivity index (χ2v) is 6.73. The summed E-state index contributed by atoms with van der Waals surface area (Å²) in [6.45, 7) is -0.168. The molecule has 10 heteroatoms. The van der Waals surface area contributed by atoms with E-state index in [0.29, 0.717) is 17.1 Å². The van der Waals surface area contributed by atoms with E-state index < -0.39 is 17.8 Å². The summed E-state index contributed by atoms with van der Waals surface area (Å²) in [5, 5.41) is 11.2. The predicted molar refractivity (Wildman–Crippen MR) is 110 cm³/mol. The lowest BCUT2D eigenvalue weighted by Crippen LogP contribution is -2.54. The molecule has 0 saturated carbocycles. The van der Waals surface area contributed by atoms with Gasteiger partial charge in [0.2, 0.25) is 0 Å². The molecule has 1 heterocycles. The second-order valence-electron chi connectivity index (χ2n) is 5.91. The Balaban J connectivity index is 1.98. The molecule has 0 aliphatic carbocycles. The largest absolute Gasteiger partial charge is 0.493 e. The van der Waals surface area contributed by atoms with E-state index in [4.69, 9.17) is 37.9 Å². The molecule has 1 saturated heterocycles. The lowest BCUT2D eigenvalue weighted by molar-refractivity contribution is -0.122. The van der Waals surface area contributed by atoms with E-state index in [2.05, 4.69) is 5.32 Å². The van der Waals surface area contributed by atoms with Gasteiger partial charge in [-0.1, -0.05) is 29.3 Å². The maximum absolute atomic E-state index is 12.9. The van der Waals surface area contributed by atoms with Gasteiger partial charge < -0.3 is 9.47 Å². The van der Waals surface area contributed by atoms with Crippen molar-refractivity contribution in [3.05, 3.63) is 57.6 Å². The van der Waals surface area contributed by atoms with E-state index in [1.165, 1.54) is 43.5 Å². The number of benzene rings is 2. The van der Waals surface area contributed by atoms with Crippen LogP contribution in [-0.2, 0) is 9.59 Å². The first-order valence-corrected chi connectivity index (χ1v) is 9.15. The molecule has 0 unspecified atom stereocenters. The van der Waals surface area contributed by atoms with Crippen molar-refractivity contribution in [1.29, 1.82) is 5.26 Å². The summed E-state index contributed by atoms with van der Waals surface area (Å²) >= 11 is 11.9. The van der Waals surface area contributed by atoms with Crippen LogP contribution in [0.1, 0.15) is 5.56 Å². The molecule has 3 rings (SSSR count). The van der Waals surface area contributed by atoms with Crippen molar-refractivity contribution >= 4 is 52.8 Å². The van der Waals surface area contributed by atoms with Gasteiger partial charge in [0, 0.05) is 0 Å². The minimum atomic E-state index is -0.904. The molecule has 1 N–H and O–H groups in total. The Hall–Kier alpha value is -3.54. The molecule has 4 amide bonds. The zero-order valence-electron chi connectivity index (χ0n) is 15.4. The van der Waals surface area contributed by atoms with Crippen LogP contribution in [0.15, 0.2) is 42.0 Å². The number of nitrogens with zero attached hydrogens (tertiary/aromatic N) is 2. The number of rotatable bonds is 5. The summed E-state index contributed by atoms with van der Waals surface area (Å²) < 4.78 is 10.5. The number of ether oxygens (including phenoxy) is 2. The van der Waals surface area contributed by atoms with E-state index in [9.17, 15) is 14.4 Å². The van der Waals surface area contributed by atoms with E-state index >= 15 is 0 Å². The van der Waals surface area contributed by atoms with Crippen molar-refractivity contribution in [1.82, 2.24) is 5.32 Å². The fourth-order valence-electron chi connectivity index (χ4n) is 2.69. The Labute approximate surface area is 181 Å². The van der Waals surface area contributed by atoms with Crippen molar-refractivity contribution < 1.29 is 23.9 Å². The molecule has 2 aromatic carbocycles. The van der Waals surface area contributed by atoms with Gasteiger partial charge in [-0.05, 0) is 42.0 Å². The average molecular weight is 446 g/mol. The molecule has 8 nitrogen and oxygen atoms in total. The number of halogens is 2. The van der Waals surface area contributed by atoms with E-state index in [-0.39, 0.29) is 27.9 Å². The average Bonchev–Trinajstić information content (AvgIpc) is 2.72. The number of urea groups is 1. The molecule has 152 valence electrons. The number of barbiturate groups is 1. The van der Waals surface area contributed by atoms with Crippen LogP contribution in [0.3, 0.4) is 0 Å². The van der Waals surface area contributed by atoms with Gasteiger partial charge in [0.05, 0.1) is 22.8 Å². The van der Waals surface area contributed by atoms with Gasteiger partial charge in [0.25, 0.3) is 11.8 Å². The van der Waals surface area contributed by atoms with Crippen molar-refractivity contribution in [3.63, 3.8) is 0 Å². The first-order chi connectivity index (χ1) is 14.3. The Morgan fingerprint density at radius 1 is 1.10 bits per heavy atom. The highest BCUT2D eigenvalue weighted by Crippen LogP contribution is 2.31. The quantitative estimate of drug-likeness (QED) is 0.556. The lowest BCUT2D eigenvalue weighted by atomic mass is 10.1. The Bertz CT molecular complexity index is 1120. The number of carbonyl (C=O) groups excluding carboxylic acids is 3. The SMILES string of the molecule is COc1cc(/C=C2\C(=O)NC(=O)N(c3ccc(Cl)c(Cl)c3)C2=O)ccc1OCC#N.